The Kier molecular flexibility index (Phi) is 4.82. The molecule has 2 saturated carbocycles. The normalized spacial score (nSPS) is 30.5. The lowest BCUT2D eigenvalue weighted by Crippen LogP contribution is -2.50. The summed E-state index contributed by atoms with van der Waals surface area (Å²) in [5, 5.41) is 12.5. The molecule has 4 rings (SSSR count). The SMILES string of the molecule is CC(=O)N[C@@H]1C[C@@H]2CN(c3ncccc3C#N)C[C@@H]2C[C@H]1OCC1CC1. The highest BCUT2D eigenvalue weighted by Crippen LogP contribution is 2.40. The third kappa shape index (κ3) is 3.68. The second kappa shape index (κ2) is 7.24. The number of nitrogens with zero attached hydrogens (tertiary/aromatic N) is 3. The summed E-state index contributed by atoms with van der Waals surface area (Å²) < 4.78 is 6.21. The van der Waals surface area contributed by atoms with Crippen molar-refractivity contribution in [3.63, 3.8) is 0 Å². The molecule has 26 heavy (non-hydrogen) atoms. The van der Waals surface area contributed by atoms with Crippen molar-refractivity contribution in [2.24, 2.45) is 17.8 Å². The van der Waals surface area contributed by atoms with Crippen molar-refractivity contribution < 1.29 is 9.53 Å². The van der Waals surface area contributed by atoms with Crippen molar-refractivity contribution in [3.8, 4) is 6.07 Å². The molecule has 0 radical (unpaired) electrons. The summed E-state index contributed by atoms with van der Waals surface area (Å²) in [5.41, 5.74) is 0.631. The highest BCUT2D eigenvalue weighted by molar-refractivity contribution is 5.73. The molecule has 2 aliphatic carbocycles. The number of anilines is 1. The first-order chi connectivity index (χ1) is 12.6. The minimum atomic E-state index is 0.0137. The van der Waals surface area contributed by atoms with E-state index in [1.165, 1.54) is 12.8 Å². The molecule has 1 aromatic heterocycles. The van der Waals surface area contributed by atoms with E-state index in [4.69, 9.17) is 4.74 Å². The van der Waals surface area contributed by atoms with Crippen LogP contribution in [0.4, 0.5) is 5.82 Å². The Labute approximate surface area is 154 Å². The predicted octanol–water partition coefficient (Wildman–Crippen LogP) is 2.10. The summed E-state index contributed by atoms with van der Waals surface area (Å²) in [5.74, 6) is 2.55. The van der Waals surface area contributed by atoms with Crippen LogP contribution in [0.2, 0.25) is 0 Å². The molecule has 4 atom stereocenters. The molecule has 0 bridgehead atoms. The maximum atomic E-state index is 11.6. The first-order valence-electron chi connectivity index (χ1n) is 9.62. The fraction of sp³-hybridized carbons (Fsp3) is 0.650. The molecule has 1 aromatic rings. The van der Waals surface area contributed by atoms with Crippen LogP contribution in [0.5, 0.6) is 0 Å². The Hall–Kier alpha value is -2.13. The van der Waals surface area contributed by atoms with Crippen LogP contribution >= 0.6 is 0 Å². The molecule has 0 unspecified atom stereocenters. The second-order valence-corrected chi connectivity index (χ2v) is 8.01. The average Bonchev–Trinajstić information content (AvgIpc) is 3.37. The number of hydrogen-bond donors (Lipinski definition) is 1. The predicted molar refractivity (Wildman–Crippen MR) is 97.4 cm³/mol. The summed E-state index contributed by atoms with van der Waals surface area (Å²) >= 11 is 0. The van der Waals surface area contributed by atoms with Gasteiger partial charge in [0.2, 0.25) is 5.91 Å². The molecular weight excluding hydrogens is 328 g/mol. The number of rotatable bonds is 5. The van der Waals surface area contributed by atoms with E-state index in [0.717, 1.165) is 44.3 Å². The Morgan fingerprint density at radius 3 is 2.85 bits per heavy atom. The number of ether oxygens (including phenoxy) is 1. The fourth-order valence-electron chi connectivity index (χ4n) is 4.46. The Morgan fingerprint density at radius 2 is 2.15 bits per heavy atom. The van der Waals surface area contributed by atoms with Gasteiger partial charge < -0.3 is 15.0 Å². The number of carbonyl (C=O) groups is 1. The standard InChI is InChI=1S/C20H26N4O2/c1-13(25)23-18-7-16-10-24(20-15(9-21)3-2-6-22-20)11-17(16)8-19(18)26-12-14-4-5-14/h2-3,6,14,16-19H,4-5,7-8,10-12H2,1H3,(H,23,25)/t16-,17+,18-,19-/m1/s1. The van der Waals surface area contributed by atoms with Crippen molar-refractivity contribution in [2.75, 3.05) is 24.6 Å². The number of hydrogen-bond acceptors (Lipinski definition) is 5. The highest BCUT2D eigenvalue weighted by atomic mass is 16.5. The zero-order valence-electron chi connectivity index (χ0n) is 15.2. The summed E-state index contributed by atoms with van der Waals surface area (Å²) in [6, 6.07) is 5.97. The Morgan fingerprint density at radius 1 is 1.38 bits per heavy atom. The maximum absolute atomic E-state index is 11.6. The molecule has 1 amide bonds. The van der Waals surface area contributed by atoms with Crippen molar-refractivity contribution in [3.05, 3.63) is 23.9 Å². The van der Waals surface area contributed by atoms with E-state index in [-0.39, 0.29) is 18.1 Å². The molecular formula is C20H26N4O2. The molecule has 0 aromatic carbocycles. The van der Waals surface area contributed by atoms with E-state index < -0.39 is 0 Å². The van der Waals surface area contributed by atoms with Crippen molar-refractivity contribution >= 4 is 11.7 Å². The molecule has 138 valence electrons. The number of fused-ring (bicyclic) bond motifs is 1. The topological polar surface area (TPSA) is 78.3 Å². The van der Waals surface area contributed by atoms with Gasteiger partial charge in [0, 0.05) is 32.8 Å². The smallest absolute Gasteiger partial charge is 0.217 e. The van der Waals surface area contributed by atoms with Gasteiger partial charge in [-0.15, -0.1) is 0 Å². The maximum Gasteiger partial charge on any atom is 0.217 e. The van der Waals surface area contributed by atoms with Gasteiger partial charge in [0.25, 0.3) is 0 Å². The third-order valence-corrected chi connectivity index (χ3v) is 5.96. The van der Waals surface area contributed by atoms with E-state index in [2.05, 4.69) is 21.3 Å². The lowest BCUT2D eigenvalue weighted by molar-refractivity contribution is -0.122. The monoisotopic (exact) mass is 354 g/mol. The first-order valence-corrected chi connectivity index (χ1v) is 9.62. The number of amides is 1. The third-order valence-electron chi connectivity index (χ3n) is 5.96. The number of carbonyl (C=O) groups excluding carboxylic acids is 1. The first kappa shape index (κ1) is 17.3. The summed E-state index contributed by atoms with van der Waals surface area (Å²) in [6.07, 6.45) is 6.29. The molecule has 3 aliphatic rings. The molecule has 6 heteroatoms. The van der Waals surface area contributed by atoms with Gasteiger partial charge in [0.1, 0.15) is 11.9 Å². The minimum absolute atomic E-state index is 0.0137. The van der Waals surface area contributed by atoms with Gasteiger partial charge in [-0.05, 0) is 55.6 Å². The van der Waals surface area contributed by atoms with Crippen LogP contribution in [-0.2, 0) is 9.53 Å². The van der Waals surface area contributed by atoms with Crippen LogP contribution in [0, 0.1) is 29.1 Å². The average molecular weight is 354 g/mol. The zero-order valence-corrected chi connectivity index (χ0v) is 15.2. The highest BCUT2D eigenvalue weighted by Gasteiger charge is 2.44. The largest absolute Gasteiger partial charge is 0.376 e. The number of nitrogens with one attached hydrogen (secondary N) is 1. The Bertz CT molecular complexity index is 712. The Balaban J connectivity index is 1.47. The summed E-state index contributed by atoms with van der Waals surface area (Å²) in [6.45, 7) is 4.20. The second-order valence-electron chi connectivity index (χ2n) is 8.01. The van der Waals surface area contributed by atoms with E-state index >= 15 is 0 Å². The summed E-state index contributed by atoms with van der Waals surface area (Å²) in [7, 11) is 0. The van der Waals surface area contributed by atoms with Crippen LogP contribution in [0.1, 0.15) is 38.2 Å². The lowest BCUT2D eigenvalue weighted by atomic mass is 9.77. The van der Waals surface area contributed by atoms with Crippen LogP contribution in [0.25, 0.3) is 0 Å². The molecule has 2 heterocycles. The summed E-state index contributed by atoms with van der Waals surface area (Å²) in [4.78, 5) is 18.3. The fourth-order valence-corrected chi connectivity index (χ4v) is 4.46. The number of aromatic nitrogens is 1. The zero-order chi connectivity index (χ0) is 18.1. The molecule has 1 saturated heterocycles. The van der Waals surface area contributed by atoms with Crippen molar-refractivity contribution in [1.82, 2.24) is 10.3 Å². The van der Waals surface area contributed by atoms with Gasteiger partial charge in [-0.1, -0.05) is 0 Å². The molecule has 3 fully saturated rings. The number of pyridine rings is 1. The number of nitriles is 1. The molecule has 1 N–H and O–H groups in total. The quantitative estimate of drug-likeness (QED) is 0.876. The van der Waals surface area contributed by atoms with E-state index in [1.807, 2.05) is 6.07 Å². The van der Waals surface area contributed by atoms with Crippen LogP contribution in [-0.4, -0.2) is 42.7 Å². The van der Waals surface area contributed by atoms with Crippen LogP contribution in [0.3, 0.4) is 0 Å². The molecule has 0 spiro atoms. The van der Waals surface area contributed by atoms with E-state index in [1.54, 1.807) is 19.2 Å². The van der Waals surface area contributed by atoms with Crippen molar-refractivity contribution in [1.29, 1.82) is 5.26 Å². The van der Waals surface area contributed by atoms with Crippen LogP contribution < -0.4 is 10.2 Å². The van der Waals surface area contributed by atoms with Crippen LogP contribution in [0.15, 0.2) is 18.3 Å². The van der Waals surface area contributed by atoms with Crippen molar-refractivity contribution in [2.45, 2.75) is 44.8 Å². The molecule has 1 aliphatic heterocycles. The van der Waals surface area contributed by atoms with Gasteiger partial charge in [-0.2, -0.15) is 5.26 Å². The van der Waals surface area contributed by atoms with Gasteiger partial charge in [0.15, 0.2) is 0 Å². The van der Waals surface area contributed by atoms with Gasteiger partial charge in [0.05, 0.1) is 17.7 Å². The minimum Gasteiger partial charge on any atom is -0.376 e. The molecule has 6 nitrogen and oxygen atoms in total. The van der Waals surface area contributed by atoms with E-state index in [9.17, 15) is 10.1 Å². The van der Waals surface area contributed by atoms with E-state index in [0.29, 0.717) is 17.4 Å². The van der Waals surface area contributed by atoms with Gasteiger partial charge in [-0.25, -0.2) is 4.98 Å². The van der Waals surface area contributed by atoms with Gasteiger partial charge in [-0.3, -0.25) is 4.79 Å². The van der Waals surface area contributed by atoms with Gasteiger partial charge >= 0.3 is 0 Å². The lowest BCUT2D eigenvalue weighted by Gasteiger charge is -2.38.